The molecule has 1 saturated carbocycles. The number of benzene rings is 1. The molecule has 2 fully saturated rings. The smallest absolute Gasteiger partial charge is 0.252 e. The Balaban J connectivity index is 1.25. The van der Waals surface area contributed by atoms with E-state index in [4.69, 9.17) is 4.74 Å². The zero-order chi connectivity index (χ0) is 21.9. The van der Waals surface area contributed by atoms with Crippen LogP contribution in [0.15, 0.2) is 47.8 Å². The van der Waals surface area contributed by atoms with Crippen LogP contribution in [0.5, 0.6) is 0 Å². The Morgan fingerprint density at radius 2 is 1.94 bits per heavy atom. The molecule has 1 aromatic carbocycles. The summed E-state index contributed by atoms with van der Waals surface area (Å²) < 4.78 is 9.87. The van der Waals surface area contributed by atoms with Gasteiger partial charge in [-0.15, -0.1) is 0 Å². The predicted molar refractivity (Wildman–Crippen MR) is 128 cm³/mol. The van der Waals surface area contributed by atoms with Crippen LogP contribution in [0.25, 0.3) is 16.6 Å². The van der Waals surface area contributed by atoms with E-state index in [1.54, 1.807) is 23.2 Å². The van der Waals surface area contributed by atoms with E-state index < -0.39 is 0 Å². The van der Waals surface area contributed by atoms with E-state index in [-0.39, 0.29) is 5.56 Å². The van der Waals surface area contributed by atoms with Gasteiger partial charge in [0.05, 0.1) is 24.6 Å². The maximum atomic E-state index is 12.6. The van der Waals surface area contributed by atoms with E-state index >= 15 is 0 Å². The monoisotopic (exact) mass is 435 g/mol. The first-order valence-corrected chi connectivity index (χ1v) is 11.9. The van der Waals surface area contributed by atoms with Crippen LogP contribution in [0.3, 0.4) is 0 Å². The number of fused-ring (bicyclic) bond motifs is 1. The Bertz CT molecular complexity index is 1090. The number of nitrogens with one attached hydrogen (secondary N) is 1. The molecule has 3 heterocycles. The molecule has 0 spiro atoms. The standard InChI is InChI=1S/C25H33N5O2/c1-28-24-9-6-20(30-13-10-26-18-30)16-22(24)23(17-25(28)31)27-19-4-7-21(8-5-19)32-15-14-29-11-2-3-12-29/h6,9-10,13,16-19,21,27H,2-5,7-8,11-12,14-15H2,1H3/t19-,21-. The van der Waals surface area contributed by atoms with E-state index in [9.17, 15) is 4.79 Å². The van der Waals surface area contributed by atoms with Gasteiger partial charge in [0.25, 0.3) is 5.56 Å². The van der Waals surface area contributed by atoms with Crippen LogP contribution in [-0.2, 0) is 11.8 Å². The van der Waals surface area contributed by atoms with Gasteiger partial charge < -0.3 is 24.1 Å². The van der Waals surface area contributed by atoms with Gasteiger partial charge in [-0.2, -0.15) is 0 Å². The van der Waals surface area contributed by atoms with Crippen LogP contribution in [-0.4, -0.2) is 57.4 Å². The average molecular weight is 436 g/mol. The van der Waals surface area contributed by atoms with Crippen molar-refractivity contribution in [3.05, 3.63) is 53.3 Å². The second-order valence-electron chi connectivity index (χ2n) is 9.16. The number of aromatic nitrogens is 3. The van der Waals surface area contributed by atoms with Crippen molar-refractivity contribution in [2.24, 2.45) is 7.05 Å². The van der Waals surface area contributed by atoms with E-state index in [1.807, 2.05) is 29.9 Å². The molecule has 1 aliphatic heterocycles. The molecule has 0 bridgehead atoms. The summed E-state index contributed by atoms with van der Waals surface area (Å²) in [7, 11) is 1.83. The molecule has 0 amide bonds. The first-order valence-electron chi connectivity index (χ1n) is 11.9. The maximum absolute atomic E-state index is 12.6. The van der Waals surface area contributed by atoms with Crippen LogP contribution in [0, 0.1) is 0 Å². The van der Waals surface area contributed by atoms with Gasteiger partial charge in [-0.3, -0.25) is 4.79 Å². The van der Waals surface area contributed by atoms with Crippen molar-refractivity contribution >= 4 is 16.6 Å². The number of anilines is 1. The fourth-order valence-electron chi connectivity index (χ4n) is 5.09. The Kier molecular flexibility index (Phi) is 6.28. The van der Waals surface area contributed by atoms with Crippen LogP contribution < -0.4 is 10.9 Å². The Morgan fingerprint density at radius 3 is 2.69 bits per heavy atom. The highest BCUT2D eigenvalue weighted by molar-refractivity contribution is 5.93. The number of likely N-dealkylation sites (tertiary alicyclic amines) is 1. The Labute approximate surface area is 189 Å². The Hall–Kier alpha value is -2.64. The van der Waals surface area contributed by atoms with Crippen molar-refractivity contribution in [1.82, 2.24) is 19.0 Å². The summed E-state index contributed by atoms with van der Waals surface area (Å²) in [5.41, 5.74) is 2.90. The molecular weight excluding hydrogens is 402 g/mol. The third-order valence-electron chi connectivity index (χ3n) is 7.03. The molecule has 2 aliphatic rings. The second kappa shape index (κ2) is 9.46. The van der Waals surface area contributed by atoms with Gasteiger partial charge >= 0.3 is 0 Å². The lowest BCUT2D eigenvalue weighted by molar-refractivity contribution is 0.0170. The molecule has 3 aromatic rings. The van der Waals surface area contributed by atoms with E-state index in [0.29, 0.717) is 12.1 Å². The lowest BCUT2D eigenvalue weighted by atomic mass is 9.92. The summed E-state index contributed by atoms with van der Waals surface area (Å²) in [6.07, 6.45) is 12.8. The fraction of sp³-hybridized carbons (Fsp3) is 0.520. The van der Waals surface area contributed by atoms with Crippen molar-refractivity contribution in [2.45, 2.75) is 50.7 Å². The van der Waals surface area contributed by atoms with Gasteiger partial charge in [-0.05, 0) is 69.8 Å². The van der Waals surface area contributed by atoms with Gasteiger partial charge in [0.1, 0.15) is 0 Å². The molecule has 0 unspecified atom stereocenters. The van der Waals surface area contributed by atoms with E-state index in [1.165, 1.54) is 25.9 Å². The summed E-state index contributed by atoms with van der Waals surface area (Å²) >= 11 is 0. The van der Waals surface area contributed by atoms with Crippen LogP contribution >= 0.6 is 0 Å². The topological polar surface area (TPSA) is 64.3 Å². The number of aryl methyl sites for hydroxylation is 1. The number of hydrogen-bond acceptors (Lipinski definition) is 5. The highest BCUT2D eigenvalue weighted by Gasteiger charge is 2.23. The van der Waals surface area contributed by atoms with Gasteiger partial charge in [0.2, 0.25) is 0 Å². The molecule has 1 saturated heterocycles. The van der Waals surface area contributed by atoms with Gasteiger partial charge in [-0.1, -0.05) is 0 Å². The maximum Gasteiger partial charge on any atom is 0.252 e. The third-order valence-corrected chi connectivity index (χ3v) is 7.03. The van der Waals surface area contributed by atoms with Crippen LogP contribution in [0.2, 0.25) is 0 Å². The van der Waals surface area contributed by atoms with E-state index in [0.717, 1.165) is 61.1 Å². The quantitative estimate of drug-likeness (QED) is 0.615. The first-order chi connectivity index (χ1) is 15.7. The molecular formula is C25H33N5O2. The first kappa shape index (κ1) is 21.2. The zero-order valence-electron chi connectivity index (χ0n) is 18.9. The third kappa shape index (κ3) is 4.59. The SMILES string of the molecule is Cn1c(=O)cc(N[C@H]2CC[C@H](OCCN3CCCC3)CC2)c2cc(-n3ccnc3)ccc21. The number of ether oxygens (including phenoxy) is 1. The molecule has 0 atom stereocenters. The minimum absolute atomic E-state index is 0.00862. The average Bonchev–Trinajstić information content (AvgIpc) is 3.53. The highest BCUT2D eigenvalue weighted by atomic mass is 16.5. The number of rotatable bonds is 7. The summed E-state index contributed by atoms with van der Waals surface area (Å²) in [6, 6.07) is 8.27. The Morgan fingerprint density at radius 1 is 1.12 bits per heavy atom. The molecule has 1 aliphatic carbocycles. The molecule has 170 valence electrons. The molecule has 0 radical (unpaired) electrons. The van der Waals surface area contributed by atoms with Crippen molar-refractivity contribution in [3.8, 4) is 5.69 Å². The molecule has 7 heteroatoms. The lowest BCUT2D eigenvalue weighted by Crippen LogP contribution is -2.32. The van der Waals surface area contributed by atoms with Crippen LogP contribution in [0.1, 0.15) is 38.5 Å². The molecule has 1 N–H and O–H groups in total. The minimum atomic E-state index is 0.00862. The zero-order valence-corrected chi connectivity index (χ0v) is 18.9. The predicted octanol–water partition coefficient (Wildman–Crippen LogP) is 3.56. The molecule has 32 heavy (non-hydrogen) atoms. The van der Waals surface area contributed by atoms with Gasteiger partial charge in [-0.25, -0.2) is 4.98 Å². The fourth-order valence-corrected chi connectivity index (χ4v) is 5.09. The second-order valence-corrected chi connectivity index (χ2v) is 9.16. The summed E-state index contributed by atoms with van der Waals surface area (Å²) in [5.74, 6) is 0. The van der Waals surface area contributed by atoms with Crippen molar-refractivity contribution in [2.75, 3.05) is 31.6 Å². The minimum Gasteiger partial charge on any atom is -0.382 e. The molecule has 7 nitrogen and oxygen atoms in total. The number of hydrogen-bond donors (Lipinski definition) is 1. The number of imidazole rings is 1. The van der Waals surface area contributed by atoms with Crippen LogP contribution in [0.4, 0.5) is 5.69 Å². The van der Waals surface area contributed by atoms with Gasteiger partial charge in [0, 0.05) is 54.9 Å². The normalized spacial score (nSPS) is 21.9. The van der Waals surface area contributed by atoms with Crippen molar-refractivity contribution in [1.29, 1.82) is 0 Å². The summed E-state index contributed by atoms with van der Waals surface area (Å²) in [5, 5.41) is 4.74. The summed E-state index contributed by atoms with van der Waals surface area (Å²) in [6.45, 7) is 4.37. The van der Waals surface area contributed by atoms with Crippen molar-refractivity contribution in [3.63, 3.8) is 0 Å². The lowest BCUT2D eigenvalue weighted by Gasteiger charge is -2.30. The highest BCUT2D eigenvalue weighted by Crippen LogP contribution is 2.29. The summed E-state index contributed by atoms with van der Waals surface area (Å²) in [4.78, 5) is 19.2. The number of pyridine rings is 1. The number of nitrogens with zero attached hydrogens (tertiary/aromatic N) is 4. The van der Waals surface area contributed by atoms with Crippen molar-refractivity contribution < 1.29 is 4.74 Å². The van der Waals surface area contributed by atoms with E-state index in [2.05, 4.69) is 21.3 Å². The largest absolute Gasteiger partial charge is 0.382 e. The van der Waals surface area contributed by atoms with Gasteiger partial charge in [0.15, 0.2) is 0 Å². The molecule has 2 aromatic heterocycles. The molecule has 5 rings (SSSR count).